The summed E-state index contributed by atoms with van der Waals surface area (Å²) in [7, 11) is 0. The summed E-state index contributed by atoms with van der Waals surface area (Å²) in [5, 5.41) is 3.08. The van der Waals surface area contributed by atoms with Crippen LogP contribution in [0.1, 0.15) is 64.0 Å². The van der Waals surface area contributed by atoms with Gasteiger partial charge >= 0.3 is 0 Å². The summed E-state index contributed by atoms with van der Waals surface area (Å²) in [6.07, 6.45) is 2.06. The van der Waals surface area contributed by atoms with Crippen LogP contribution in [0.25, 0.3) is 0 Å². The Morgan fingerprint density at radius 2 is 1.73 bits per heavy atom. The zero-order valence-electron chi connectivity index (χ0n) is 14.5. The number of benzene rings is 1. The van der Waals surface area contributed by atoms with E-state index in [9.17, 15) is 4.79 Å². The van der Waals surface area contributed by atoms with Gasteiger partial charge in [0, 0.05) is 5.69 Å². The number of anilines is 1. The van der Waals surface area contributed by atoms with Gasteiger partial charge in [0.1, 0.15) is 6.10 Å². The number of ether oxygens (including phenoxy) is 1. The molecule has 0 aliphatic heterocycles. The predicted molar refractivity (Wildman–Crippen MR) is 93.5 cm³/mol. The second kappa shape index (κ2) is 8.74. The van der Waals surface area contributed by atoms with Crippen LogP contribution in [0.2, 0.25) is 0 Å². The molecule has 1 unspecified atom stereocenters. The van der Waals surface area contributed by atoms with Crippen molar-refractivity contribution in [1.29, 1.82) is 0 Å². The lowest BCUT2D eigenvalue weighted by atomic mass is 9.92. The van der Waals surface area contributed by atoms with Crippen molar-refractivity contribution in [3.63, 3.8) is 0 Å². The topological polar surface area (TPSA) is 38.3 Å². The lowest BCUT2D eigenvalue weighted by Crippen LogP contribution is -2.29. The first-order chi connectivity index (χ1) is 10.4. The molecule has 3 nitrogen and oxygen atoms in total. The molecule has 0 radical (unpaired) electrons. The quantitative estimate of drug-likeness (QED) is 0.550. The Morgan fingerprint density at radius 3 is 2.18 bits per heavy atom. The molecular formula is C19H29NO2. The van der Waals surface area contributed by atoms with Crippen LogP contribution in [0.5, 0.6) is 0 Å². The molecule has 0 fully saturated rings. The zero-order valence-corrected chi connectivity index (χ0v) is 14.5. The third kappa shape index (κ3) is 4.99. The maximum absolute atomic E-state index is 12.4. The van der Waals surface area contributed by atoms with E-state index < -0.39 is 6.10 Å². The summed E-state index contributed by atoms with van der Waals surface area (Å²) in [6, 6.07) is 6.22. The summed E-state index contributed by atoms with van der Waals surface area (Å²) < 4.78 is 5.53. The van der Waals surface area contributed by atoms with Gasteiger partial charge in [-0.25, -0.2) is 0 Å². The van der Waals surface area contributed by atoms with Crippen LogP contribution >= 0.6 is 0 Å². The normalized spacial score (nSPS) is 12.5. The fourth-order valence-electron chi connectivity index (χ4n) is 2.32. The highest BCUT2D eigenvalue weighted by Gasteiger charge is 2.19. The first-order valence-corrected chi connectivity index (χ1v) is 8.04. The smallest absolute Gasteiger partial charge is 0.253 e. The van der Waals surface area contributed by atoms with Crippen molar-refractivity contribution in [3.8, 4) is 0 Å². The van der Waals surface area contributed by atoms with E-state index in [0.717, 1.165) is 23.2 Å². The molecule has 1 rings (SSSR count). The Kier molecular flexibility index (Phi) is 7.33. The largest absolute Gasteiger partial charge is 0.368 e. The summed E-state index contributed by atoms with van der Waals surface area (Å²) in [4.78, 5) is 12.4. The number of carbonyl (C=O) groups is 1. The van der Waals surface area contributed by atoms with Gasteiger partial charge in [0.15, 0.2) is 0 Å². The second-order valence-corrected chi connectivity index (χ2v) is 6.20. The van der Waals surface area contributed by atoms with E-state index in [2.05, 4.69) is 57.8 Å². The number of carbonyl (C=O) groups excluding carboxylic acids is 1. The van der Waals surface area contributed by atoms with Crippen molar-refractivity contribution in [1.82, 2.24) is 0 Å². The predicted octanol–water partition coefficient (Wildman–Crippen LogP) is 4.85. The fraction of sp³-hybridized carbons (Fsp3) is 0.526. The van der Waals surface area contributed by atoms with Crippen molar-refractivity contribution < 1.29 is 9.53 Å². The van der Waals surface area contributed by atoms with Crippen LogP contribution in [-0.2, 0) is 9.53 Å². The minimum absolute atomic E-state index is 0.0981. The maximum atomic E-state index is 12.4. The van der Waals surface area contributed by atoms with Crippen molar-refractivity contribution in [3.05, 3.63) is 42.0 Å². The maximum Gasteiger partial charge on any atom is 0.253 e. The highest BCUT2D eigenvalue weighted by atomic mass is 16.5. The third-order valence-corrected chi connectivity index (χ3v) is 3.68. The van der Waals surface area contributed by atoms with Gasteiger partial charge in [-0.2, -0.15) is 0 Å². The summed E-state index contributed by atoms with van der Waals surface area (Å²) in [5.74, 6) is 0.607. The molecule has 0 spiro atoms. The Bertz CT molecular complexity index is 480. The van der Waals surface area contributed by atoms with E-state index in [1.807, 2.05) is 0 Å². The number of hydrogen-bond donors (Lipinski definition) is 1. The molecule has 0 aliphatic carbocycles. The minimum Gasteiger partial charge on any atom is -0.368 e. The Hall–Kier alpha value is -1.61. The molecule has 1 amide bonds. The van der Waals surface area contributed by atoms with E-state index in [-0.39, 0.29) is 5.91 Å². The highest BCUT2D eigenvalue weighted by molar-refractivity contribution is 5.95. The number of hydrogen-bond acceptors (Lipinski definition) is 2. The van der Waals surface area contributed by atoms with E-state index >= 15 is 0 Å². The molecule has 0 aromatic heterocycles. The first kappa shape index (κ1) is 18.4. The van der Waals surface area contributed by atoms with Crippen molar-refractivity contribution in [2.45, 2.75) is 59.0 Å². The molecule has 1 N–H and O–H groups in total. The lowest BCUT2D eigenvalue weighted by Gasteiger charge is -2.21. The van der Waals surface area contributed by atoms with Gasteiger partial charge in [0.25, 0.3) is 5.91 Å². The number of nitrogens with one attached hydrogen (secondary N) is 1. The first-order valence-electron chi connectivity index (χ1n) is 8.04. The van der Waals surface area contributed by atoms with Crippen molar-refractivity contribution in [2.24, 2.45) is 0 Å². The highest BCUT2D eigenvalue weighted by Crippen LogP contribution is 2.32. The van der Waals surface area contributed by atoms with Gasteiger partial charge < -0.3 is 10.1 Å². The van der Waals surface area contributed by atoms with E-state index in [0.29, 0.717) is 18.4 Å². The van der Waals surface area contributed by atoms with Gasteiger partial charge in [-0.15, -0.1) is 6.58 Å². The van der Waals surface area contributed by atoms with Crippen LogP contribution in [0, 0.1) is 0 Å². The molecule has 22 heavy (non-hydrogen) atoms. The third-order valence-electron chi connectivity index (χ3n) is 3.68. The van der Waals surface area contributed by atoms with Crippen LogP contribution in [0.3, 0.4) is 0 Å². The molecule has 0 heterocycles. The molecule has 1 aromatic rings. The molecule has 1 atom stereocenters. The fourth-order valence-corrected chi connectivity index (χ4v) is 2.32. The van der Waals surface area contributed by atoms with Gasteiger partial charge in [-0.3, -0.25) is 4.79 Å². The lowest BCUT2D eigenvalue weighted by molar-refractivity contribution is -0.126. The summed E-state index contributed by atoms with van der Waals surface area (Å²) in [5.41, 5.74) is 3.27. The Labute approximate surface area is 134 Å². The molecule has 122 valence electrons. The Morgan fingerprint density at radius 1 is 1.18 bits per heavy atom. The molecular weight excluding hydrogens is 274 g/mol. The number of amides is 1. The SMILES string of the molecule is C=CCCOC(C)C(=O)Nc1c(C(C)C)cccc1C(C)C. The van der Waals surface area contributed by atoms with E-state index in [4.69, 9.17) is 4.74 Å². The summed E-state index contributed by atoms with van der Waals surface area (Å²) >= 11 is 0. The Balaban J connectivity index is 2.95. The van der Waals surface area contributed by atoms with Crippen molar-refractivity contribution in [2.75, 3.05) is 11.9 Å². The molecule has 0 aliphatic rings. The van der Waals surface area contributed by atoms with Crippen LogP contribution in [-0.4, -0.2) is 18.6 Å². The summed E-state index contributed by atoms with van der Waals surface area (Å²) in [6.45, 7) is 14.5. The molecule has 0 bridgehead atoms. The van der Waals surface area contributed by atoms with Gasteiger partial charge in [-0.05, 0) is 36.3 Å². The molecule has 1 aromatic carbocycles. The zero-order chi connectivity index (χ0) is 16.7. The van der Waals surface area contributed by atoms with Crippen LogP contribution in [0.15, 0.2) is 30.9 Å². The molecule has 3 heteroatoms. The van der Waals surface area contributed by atoms with Gasteiger partial charge in [0.2, 0.25) is 0 Å². The standard InChI is InChI=1S/C19H29NO2/c1-7-8-12-22-15(6)19(21)20-18-16(13(2)3)10-9-11-17(18)14(4)5/h7,9-11,13-15H,1,8,12H2,2-6H3,(H,20,21). The van der Waals surface area contributed by atoms with E-state index in [1.54, 1.807) is 13.0 Å². The minimum atomic E-state index is -0.472. The van der Waals surface area contributed by atoms with Gasteiger partial charge in [0.05, 0.1) is 6.61 Å². The average molecular weight is 303 g/mol. The molecule has 0 saturated heterocycles. The second-order valence-electron chi connectivity index (χ2n) is 6.20. The van der Waals surface area contributed by atoms with Crippen LogP contribution < -0.4 is 5.32 Å². The number of para-hydroxylation sites is 1. The monoisotopic (exact) mass is 303 g/mol. The number of rotatable bonds is 8. The van der Waals surface area contributed by atoms with E-state index in [1.165, 1.54) is 0 Å². The average Bonchev–Trinajstić information content (AvgIpc) is 2.46. The van der Waals surface area contributed by atoms with Gasteiger partial charge in [-0.1, -0.05) is 52.0 Å². The van der Waals surface area contributed by atoms with Crippen molar-refractivity contribution >= 4 is 11.6 Å². The molecule has 0 saturated carbocycles. The van der Waals surface area contributed by atoms with Crippen LogP contribution in [0.4, 0.5) is 5.69 Å².